The molecule has 0 saturated heterocycles. The zero-order valence-electron chi connectivity index (χ0n) is 23.8. The number of methoxy groups -OCH3 is 2. The summed E-state index contributed by atoms with van der Waals surface area (Å²) in [6, 6.07) is 18.4. The summed E-state index contributed by atoms with van der Waals surface area (Å²) in [6.45, 7) is 4.91. The van der Waals surface area contributed by atoms with E-state index in [-0.39, 0.29) is 34.1 Å². The molecule has 0 bridgehead atoms. The average Bonchev–Trinajstić information content (AvgIpc) is 2.98. The molecule has 3 aromatic rings. The van der Waals surface area contributed by atoms with E-state index in [0.29, 0.717) is 23.5 Å². The molecular formula is C30H36ClN3O6S. The van der Waals surface area contributed by atoms with E-state index in [1.54, 1.807) is 43.3 Å². The van der Waals surface area contributed by atoms with Crippen molar-refractivity contribution < 1.29 is 27.5 Å². The van der Waals surface area contributed by atoms with Crippen LogP contribution in [-0.4, -0.2) is 58.0 Å². The largest absolute Gasteiger partial charge is 0.497 e. The first-order valence-electron chi connectivity index (χ1n) is 13.2. The molecule has 220 valence electrons. The Bertz CT molecular complexity index is 1450. The van der Waals surface area contributed by atoms with E-state index in [9.17, 15) is 18.0 Å². The molecule has 3 aromatic carbocycles. The van der Waals surface area contributed by atoms with Crippen LogP contribution < -0.4 is 19.1 Å². The van der Waals surface area contributed by atoms with Gasteiger partial charge >= 0.3 is 0 Å². The molecule has 2 amide bonds. The first-order valence-corrected chi connectivity index (χ1v) is 15.0. The van der Waals surface area contributed by atoms with E-state index < -0.39 is 28.5 Å². The van der Waals surface area contributed by atoms with Gasteiger partial charge in [0, 0.05) is 12.6 Å². The second kappa shape index (κ2) is 14.2. The highest BCUT2D eigenvalue weighted by Gasteiger charge is 2.33. The monoisotopic (exact) mass is 601 g/mol. The standard InChI is InChI=1S/C30H36ClN3O6S/c1-6-21(2)32-30(36)22(3)33(19-23-11-10-12-25(17-23)39-4)29(35)20-34(24-15-16-28(40-5)27(31)18-24)41(37,38)26-13-8-7-9-14-26/h7-18,21-22H,6,19-20H2,1-5H3,(H,32,36)/t21-,22-/m0/s1. The average molecular weight is 602 g/mol. The quantitative estimate of drug-likeness (QED) is 0.299. The van der Waals surface area contributed by atoms with Gasteiger partial charge in [0.05, 0.1) is 29.8 Å². The van der Waals surface area contributed by atoms with E-state index in [0.717, 1.165) is 4.31 Å². The van der Waals surface area contributed by atoms with E-state index in [4.69, 9.17) is 21.1 Å². The van der Waals surface area contributed by atoms with Crippen LogP contribution in [0.25, 0.3) is 0 Å². The number of ether oxygens (including phenoxy) is 2. The summed E-state index contributed by atoms with van der Waals surface area (Å²) in [6.07, 6.45) is 0.712. The van der Waals surface area contributed by atoms with Crippen LogP contribution in [0.5, 0.6) is 11.5 Å². The molecule has 9 nitrogen and oxygen atoms in total. The van der Waals surface area contributed by atoms with E-state index in [1.165, 1.54) is 49.5 Å². The molecule has 41 heavy (non-hydrogen) atoms. The number of nitrogens with zero attached hydrogens (tertiary/aromatic N) is 2. The number of carbonyl (C=O) groups is 2. The van der Waals surface area contributed by atoms with Gasteiger partial charge in [-0.3, -0.25) is 13.9 Å². The lowest BCUT2D eigenvalue weighted by atomic mass is 10.1. The van der Waals surface area contributed by atoms with Crippen LogP contribution in [0.2, 0.25) is 5.02 Å². The number of halogens is 1. The zero-order valence-corrected chi connectivity index (χ0v) is 25.4. The maximum absolute atomic E-state index is 14.0. The molecule has 11 heteroatoms. The molecule has 0 aromatic heterocycles. The van der Waals surface area contributed by atoms with Gasteiger partial charge < -0.3 is 19.7 Å². The fraction of sp³-hybridized carbons (Fsp3) is 0.333. The Morgan fingerprint density at radius 2 is 1.66 bits per heavy atom. The lowest BCUT2D eigenvalue weighted by Gasteiger charge is -2.32. The minimum atomic E-state index is -4.21. The number of carbonyl (C=O) groups excluding carboxylic acids is 2. The van der Waals surface area contributed by atoms with Crippen molar-refractivity contribution in [1.82, 2.24) is 10.2 Å². The smallest absolute Gasteiger partial charge is 0.264 e. The molecular weight excluding hydrogens is 566 g/mol. The fourth-order valence-electron chi connectivity index (χ4n) is 4.07. The summed E-state index contributed by atoms with van der Waals surface area (Å²) in [5.74, 6) is 0.0215. The number of hydrogen-bond donors (Lipinski definition) is 1. The number of sulfonamides is 1. The highest BCUT2D eigenvalue weighted by molar-refractivity contribution is 7.92. The summed E-state index contributed by atoms with van der Waals surface area (Å²) >= 11 is 6.35. The highest BCUT2D eigenvalue weighted by Crippen LogP contribution is 2.32. The number of rotatable bonds is 13. The molecule has 0 aliphatic carbocycles. The highest BCUT2D eigenvalue weighted by atomic mass is 35.5. The van der Waals surface area contributed by atoms with E-state index in [1.807, 2.05) is 19.9 Å². The second-order valence-electron chi connectivity index (χ2n) is 9.51. The predicted molar refractivity (Wildman–Crippen MR) is 160 cm³/mol. The van der Waals surface area contributed by atoms with E-state index >= 15 is 0 Å². The van der Waals surface area contributed by atoms with Crippen LogP contribution >= 0.6 is 11.6 Å². The maximum atomic E-state index is 14.0. The Hall–Kier alpha value is -3.76. The molecule has 0 spiro atoms. The van der Waals surface area contributed by atoms with Crippen molar-refractivity contribution in [3.63, 3.8) is 0 Å². The van der Waals surface area contributed by atoms with Crippen molar-refractivity contribution >= 4 is 39.1 Å². The Labute approximate surface area is 247 Å². The predicted octanol–water partition coefficient (Wildman–Crippen LogP) is 4.88. The summed E-state index contributed by atoms with van der Waals surface area (Å²) < 4.78 is 39.3. The minimum absolute atomic E-state index is 0.00153. The Morgan fingerprint density at radius 3 is 2.27 bits per heavy atom. The lowest BCUT2D eigenvalue weighted by Crippen LogP contribution is -2.52. The van der Waals surface area contributed by atoms with E-state index in [2.05, 4.69) is 5.32 Å². The summed E-state index contributed by atoms with van der Waals surface area (Å²) in [7, 11) is -1.22. The number of anilines is 1. The van der Waals surface area contributed by atoms with Gasteiger partial charge in [0.1, 0.15) is 24.1 Å². The van der Waals surface area contributed by atoms with Crippen LogP contribution in [0.1, 0.15) is 32.8 Å². The Morgan fingerprint density at radius 1 is 0.951 bits per heavy atom. The van der Waals surface area contributed by atoms with Crippen molar-refractivity contribution in [2.45, 2.75) is 50.7 Å². The van der Waals surface area contributed by atoms with Gasteiger partial charge in [-0.05, 0) is 68.3 Å². The molecule has 1 N–H and O–H groups in total. The SMILES string of the molecule is CC[C@H](C)NC(=O)[C@H](C)N(Cc1cccc(OC)c1)C(=O)CN(c1ccc(OC)c(Cl)c1)S(=O)(=O)c1ccccc1. The molecule has 0 aliphatic rings. The van der Waals surface area contributed by atoms with Gasteiger partial charge in [-0.2, -0.15) is 0 Å². The van der Waals surface area contributed by atoms with Gasteiger partial charge in [0.15, 0.2) is 0 Å². The third-order valence-electron chi connectivity index (χ3n) is 6.69. The normalized spacial score (nSPS) is 12.6. The van der Waals surface area contributed by atoms with Crippen molar-refractivity contribution in [3.05, 3.63) is 83.4 Å². The Balaban J connectivity index is 2.06. The number of nitrogens with one attached hydrogen (secondary N) is 1. The number of amides is 2. The third kappa shape index (κ3) is 7.92. The minimum Gasteiger partial charge on any atom is -0.497 e. The molecule has 0 radical (unpaired) electrons. The molecule has 3 rings (SSSR count). The Kier molecular flexibility index (Phi) is 11.0. The maximum Gasteiger partial charge on any atom is 0.264 e. The van der Waals surface area contributed by atoms with Crippen LogP contribution in [0, 0.1) is 0 Å². The molecule has 0 aliphatic heterocycles. The van der Waals surface area contributed by atoms with Crippen molar-refractivity contribution in [3.8, 4) is 11.5 Å². The van der Waals surface area contributed by atoms with Gasteiger partial charge in [-0.15, -0.1) is 0 Å². The topological polar surface area (TPSA) is 105 Å². The first-order chi connectivity index (χ1) is 19.5. The molecule has 0 heterocycles. The van der Waals surface area contributed by atoms with Crippen LogP contribution in [0.15, 0.2) is 77.7 Å². The molecule has 0 fully saturated rings. The van der Waals surface area contributed by atoms with Gasteiger partial charge in [0.2, 0.25) is 11.8 Å². The summed E-state index contributed by atoms with van der Waals surface area (Å²) in [4.78, 5) is 28.6. The summed E-state index contributed by atoms with van der Waals surface area (Å²) in [5, 5.41) is 3.09. The fourth-order valence-corrected chi connectivity index (χ4v) is 5.75. The van der Waals surface area contributed by atoms with Crippen molar-refractivity contribution in [1.29, 1.82) is 0 Å². The van der Waals surface area contributed by atoms with Gasteiger partial charge in [-0.1, -0.05) is 48.9 Å². The van der Waals surface area contributed by atoms with Crippen LogP contribution in [-0.2, 0) is 26.2 Å². The molecule has 2 atom stereocenters. The zero-order chi connectivity index (χ0) is 30.2. The van der Waals surface area contributed by atoms with Gasteiger partial charge in [-0.25, -0.2) is 8.42 Å². The summed E-state index contributed by atoms with van der Waals surface area (Å²) in [5.41, 5.74) is 0.886. The first kappa shape index (κ1) is 31.8. The second-order valence-corrected chi connectivity index (χ2v) is 11.8. The third-order valence-corrected chi connectivity index (χ3v) is 8.77. The van der Waals surface area contributed by atoms with Gasteiger partial charge in [0.25, 0.3) is 10.0 Å². The van der Waals surface area contributed by atoms with Crippen LogP contribution in [0.4, 0.5) is 5.69 Å². The lowest BCUT2D eigenvalue weighted by molar-refractivity contribution is -0.139. The molecule has 0 saturated carbocycles. The van der Waals surface area contributed by atoms with Crippen molar-refractivity contribution in [2.75, 3.05) is 25.1 Å². The van der Waals surface area contributed by atoms with Crippen molar-refractivity contribution in [2.24, 2.45) is 0 Å². The van der Waals surface area contributed by atoms with Crippen LogP contribution in [0.3, 0.4) is 0 Å². The molecule has 0 unspecified atom stereocenters. The number of benzene rings is 3. The number of hydrogen-bond acceptors (Lipinski definition) is 6.